The van der Waals surface area contributed by atoms with Crippen molar-refractivity contribution in [2.24, 2.45) is 5.73 Å². The Balaban J connectivity index is 1.89. The Labute approximate surface area is 120 Å². The smallest absolute Gasteiger partial charge is 0.234 e. The minimum absolute atomic E-state index is 0.112. The average Bonchev–Trinajstić information content (AvgIpc) is 3.09. The summed E-state index contributed by atoms with van der Waals surface area (Å²) in [5.41, 5.74) is 5.72. The number of methoxy groups -OCH3 is 1. The molecule has 1 aromatic rings. The molecule has 5 nitrogen and oxygen atoms in total. The minimum Gasteiger partial charge on any atom is -0.370 e. The second kappa shape index (κ2) is 5.11. The van der Waals surface area contributed by atoms with Crippen LogP contribution in [-0.4, -0.2) is 23.3 Å². The SMILES string of the molecule is COC1(c2noc(C3(C)CCCC3N)n2)CCCCC1. The van der Waals surface area contributed by atoms with E-state index in [4.69, 9.17) is 20.0 Å². The second-order valence-corrected chi connectivity index (χ2v) is 6.60. The van der Waals surface area contributed by atoms with Gasteiger partial charge in [0.05, 0.1) is 5.41 Å². The normalized spacial score (nSPS) is 33.5. The van der Waals surface area contributed by atoms with Crippen molar-refractivity contribution in [3.8, 4) is 0 Å². The summed E-state index contributed by atoms with van der Waals surface area (Å²) in [6, 6.07) is 0.112. The van der Waals surface area contributed by atoms with Gasteiger partial charge in [-0.25, -0.2) is 0 Å². The van der Waals surface area contributed by atoms with Gasteiger partial charge in [0.1, 0.15) is 5.60 Å². The van der Waals surface area contributed by atoms with Gasteiger partial charge in [-0.3, -0.25) is 0 Å². The van der Waals surface area contributed by atoms with Gasteiger partial charge in [-0.15, -0.1) is 0 Å². The molecular formula is C15H25N3O2. The molecule has 112 valence electrons. The lowest BCUT2D eigenvalue weighted by molar-refractivity contribution is -0.0527. The Hall–Kier alpha value is -0.940. The van der Waals surface area contributed by atoms with Gasteiger partial charge in [-0.2, -0.15) is 4.98 Å². The van der Waals surface area contributed by atoms with Crippen molar-refractivity contribution in [2.75, 3.05) is 7.11 Å². The van der Waals surface area contributed by atoms with Gasteiger partial charge in [-0.1, -0.05) is 30.8 Å². The molecule has 2 unspecified atom stereocenters. The van der Waals surface area contributed by atoms with E-state index >= 15 is 0 Å². The van der Waals surface area contributed by atoms with E-state index in [9.17, 15) is 0 Å². The molecule has 2 aliphatic carbocycles. The van der Waals surface area contributed by atoms with Crippen LogP contribution in [0.15, 0.2) is 4.52 Å². The number of nitrogens with zero attached hydrogens (tertiary/aromatic N) is 2. The maximum atomic E-state index is 6.24. The van der Waals surface area contributed by atoms with Crippen molar-refractivity contribution in [1.82, 2.24) is 10.1 Å². The Morgan fingerprint density at radius 3 is 2.55 bits per heavy atom. The molecule has 0 saturated heterocycles. The molecule has 2 saturated carbocycles. The highest BCUT2D eigenvalue weighted by Crippen LogP contribution is 2.42. The van der Waals surface area contributed by atoms with E-state index in [0.29, 0.717) is 5.89 Å². The first kappa shape index (κ1) is 14.0. The molecule has 2 N–H and O–H groups in total. The second-order valence-electron chi connectivity index (χ2n) is 6.60. The summed E-state index contributed by atoms with van der Waals surface area (Å²) in [5, 5.41) is 4.24. The van der Waals surface area contributed by atoms with Crippen molar-refractivity contribution < 1.29 is 9.26 Å². The Morgan fingerprint density at radius 1 is 1.20 bits per heavy atom. The van der Waals surface area contributed by atoms with Crippen molar-refractivity contribution in [1.29, 1.82) is 0 Å². The molecule has 2 aliphatic rings. The summed E-state index contributed by atoms with van der Waals surface area (Å²) in [4.78, 5) is 4.70. The van der Waals surface area contributed by atoms with Crippen LogP contribution < -0.4 is 5.73 Å². The largest absolute Gasteiger partial charge is 0.370 e. The highest BCUT2D eigenvalue weighted by molar-refractivity contribution is 5.14. The van der Waals surface area contributed by atoms with Crippen LogP contribution in [-0.2, 0) is 15.8 Å². The maximum Gasteiger partial charge on any atom is 0.234 e. The molecule has 2 atom stereocenters. The van der Waals surface area contributed by atoms with E-state index in [1.165, 1.54) is 6.42 Å². The summed E-state index contributed by atoms with van der Waals surface area (Å²) in [5.74, 6) is 1.41. The lowest BCUT2D eigenvalue weighted by atomic mass is 9.83. The van der Waals surface area contributed by atoms with Crippen LogP contribution in [0, 0.1) is 0 Å². The molecule has 0 aromatic carbocycles. The summed E-state index contributed by atoms with van der Waals surface area (Å²) in [6.07, 6.45) is 8.72. The Bertz CT molecular complexity index is 467. The zero-order valence-electron chi connectivity index (χ0n) is 12.5. The third-order valence-electron chi connectivity index (χ3n) is 5.40. The third-order valence-corrected chi connectivity index (χ3v) is 5.40. The van der Waals surface area contributed by atoms with Gasteiger partial charge in [-0.05, 0) is 32.6 Å². The summed E-state index contributed by atoms with van der Waals surface area (Å²) >= 11 is 0. The maximum absolute atomic E-state index is 6.24. The van der Waals surface area contributed by atoms with E-state index in [-0.39, 0.29) is 17.1 Å². The van der Waals surface area contributed by atoms with Gasteiger partial charge in [0.25, 0.3) is 0 Å². The molecule has 20 heavy (non-hydrogen) atoms. The number of rotatable bonds is 3. The standard InChI is InChI=1S/C15H25N3O2/c1-14(8-6-7-11(14)16)13-17-12(18-20-13)15(19-2)9-4-3-5-10-15/h11H,3-10,16H2,1-2H3. The monoisotopic (exact) mass is 279 g/mol. The van der Waals surface area contributed by atoms with Crippen molar-refractivity contribution in [3.05, 3.63) is 11.7 Å². The van der Waals surface area contributed by atoms with Crippen LogP contribution in [0.4, 0.5) is 0 Å². The molecule has 1 aromatic heterocycles. The summed E-state index contributed by atoms with van der Waals surface area (Å²) < 4.78 is 11.4. The molecule has 0 bridgehead atoms. The predicted molar refractivity (Wildman–Crippen MR) is 75.2 cm³/mol. The molecule has 0 spiro atoms. The summed E-state index contributed by atoms with van der Waals surface area (Å²) in [6.45, 7) is 2.14. The molecular weight excluding hydrogens is 254 g/mol. The summed E-state index contributed by atoms with van der Waals surface area (Å²) in [7, 11) is 1.75. The van der Waals surface area contributed by atoms with Crippen molar-refractivity contribution in [3.63, 3.8) is 0 Å². The first-order valence-electron chi connectivity index (χ1n) is 7.76. The number of nitrogens with two attached hydrogens (primary N) is 1. The lowest BCUT2D eigenvalue weighted by Crippen LogP contribution is -2.39. The Morgan fingerprint density at radius 2 is 1.95 bits per heavy atom. The van der Waals surface area contributed by atoms with E-state index in [1.54, 1.807) is 7.11 Å². The van der Waals surface area contributed by atoms with Crippen LogP contribution in [0.2, 0.25) is 0 Å². The van der Waals surface area contributed by atoms with Crippen LogP contribution in [0.3, 0.4) is 0 Å². The Kier molecular flexibility index (Phi) is 3.58. The van der Waals surface area contributed by atoms with E-state index in [1.807, 2.05) is 0 Å². The average molecular weight is 279 g/mol. The topological polar surface area (TPSA) is 74.2 Å². The number of hydrogen-bond donors (Lipinski definition) is 1. The van der Waals surface area contributed by atoms with Gasteiger partial charge < -0.3 is 15.0 Å². The fourth-order valence-corrected chi connectivity index (χ4v) is 3.74. The van der Waals surface area contributed by atoms with Crippen LogP contribution in [0.1, 0.15) is 70.0 Å². The fraction of sp³-hybridized carbons (Fsp3) is 0.867. The highest BCUT2D eigenvalue weighted by Gasteiger charge is 2.45. The predicted octanol–water partition coefficient (Wildman–Crippen LogP) is 2.64. The molecule has 0 radical (unpaired) electrons. The van der Waals surface area contributed by atoms with E-state index in [0.717, 1.165) is 50.8 Å². The zero-order chi connectivity index (χ0) is 14.2. The highest BCUT2D eigenvalue weighted by atomic mass is 16.5. The fourth-order valence-electron chi connectivity index (χ4n) is 3.74. The molecule has 0 aliphatic heterocycles. The molecule has 3 rings (SSSR count). The molecule has 5 heteroatoms. The van der Waals surface area contributed by atoms with Crippen LogP contribution in [0.25, 0.3) is 0 Å². The number of ether oxygens (including phenoxy) is 1. The molecule has 1 heterocycles. The van der Waals surface area contributed by atoms with Gasteiger partial charge >= 0.3 is 0 Å². The lowest BCUT2D eigenvalue weighted by Gasteiger charge is -2.32. The van der Waals surface area contributed by atoms with Crippen molar-refractivity contribution >= 4 is 0 Å². The molecule has 2 fully saturated rings. The zero-order valence-corrected chi connectivity index (χ0v) is 12.5. The van der Waals surface area contributed by atoms with E-state index < -0.39 is 0 Å². The third kappa shape index (κ3) is 2.07. The van der Waals surface area contributed by atoms with Gasteiger partial charge in [0.2, 0.25) is 11.7 Å². The van der Waals surface area contributed by atoms with Gasteiger partial charge in [0, 0.05) is 13.2 Å². The van der Waals surface area contributed by atoms with Crippen molar-refractivity contribution in [2.45, 2.75) is 75.3 Å². The van der Waals surface area contributed by atoms with Gasteiger partial charge in [0.15, 0.2) is 0 Å². The first-order chi connectivity index (χ1) is 9.61. The minimum atomic E-state index is -0.348. The van der Waals surface area contributed by atoms with Crippen LogP contribution in [0.5, 0.6) is 0 Å². The number of aromatic nitrogens is 2. The van der Waals surface area contributed by atoms with Crippen LogP contribution >= 0.6 is 0 Å². The number of hydrogen-bond acceptors (Lipinski definition) is 5. The quantitative estimate of drug-likeness (QED) is 0.920. The molecule has 0 amide bonds. The first-order valence-corrected chi connectivity index (χ1v) is 7.76. The van der Waals surface area contributed by atoms with E-state index in [2.05, 4.69) is 12.1 Å².